The molecule has 0 aromatic carbocycles. The molecule has 0 aliphatic carbocycles. The minimum Gasteiger partial charge on any atom is -0.393 e. The number of nitrogen functional groups attached to an aromatic ring is 1. The van der Waals surface area contributed by atoms with Crippen molar-refractivity contribution >= 4 is 5.82 Å². The molecule has 2 rings (SSSR count). The van der Waals surface area contributed by atoms with Crippen LogP contribution < -0.4 is 11.4 Å². The van der Waals surface area contributed by atoms with E-state index in [-0.39, 0.29) is 12.4 Å². The molecule has 7 heteroatoms. The second-order valence-corrected chi connectivity index (χ2v) is 3.76. The first-order valence-electron chi connectivity index (χ1n) is 5.02. The maximum atomic E-state index is 11.6. The summed E-state index contributed by atoms with van der Waals surface area (Å²) in [6.45, 7) is 3.31. The molecule has 0 saturated carbocycles. The second-order valence-electron chi connectivity index (χ2n) is 3.76. The summed E-state index contributed by atoms with van der Waals surface area (Å²) >= 11 is 0. The Morgan fingerprint density at radius 2 is 2.35 bits per heavy atom. The van der Waals surface area contributed by atoms with Gasteiger partial charge in [-0.1, -0.05) is 6.58 Å². The third-order valence-corrected chi connectivity index (χ3v) is 2.66. The highest BCUT2D eigenvalue weighted by Gasteiger charge is 2.38. The van der Waals surface area contributed by atoms with Gasteiger partial charge in [0.15, 0.2) is 6.23 Å². The van der Waals surface area contributed by atoms with Crippen molar-refractivity contribution in [2.45, 2.75) is 18.4 Å². The third kappa shape index (κ3) is 1.95. The van der Waals surface area contributed by atoms with Crippen LogP contribution in [0, 0.1) is 0 Å². The fourth-order valence-electron chi connectivity index (χ4n) is 1.70. The van der Waals surface area contributed by atoms with E-state index in [4.69, 9.17) is 15.6 Å². The fourth-order valence-corrected chi connectivity index (χ4v) is 1.70. The van der Waals surface area contributed by atoms with Gasteiger partial charge in [-0.3, -0.25) is 4.57 Å². The number of rotatable bonds is 2. The highest BCUT2D eigenvalue weighted by atomic mass is 16.5. The van der Waals surface area contributed by atoms with E-state index in [1.54, 1.807) is 0 Å². The molecule has 1 aliphatic heterocycles. The average molecular weight is 239 g/mol. The van der Waals surface area contributed by atoms with Crippen molar-refractivity contribution in [1.29, 1.82) is 0 Å². The summed E-state index contributed by atoms with van der Waals surface area (Å²) in [6, 6.07) is 1.42. The molecule has 92 valence electrons. The summed E-state index contributed by atoms with van der Waals surface area (Å²) in [5.74, 6) is 0.0938. The van der Waals surface area contributed by atoms with Crippen molar-refractivity contribution in [3.63, 3.8) is 0 Å². The van der Waals surface area contributed by atoms with Crippen molar-refractivity contribution in [1.82, 2.24) is 9.55 Å². The van der Waals surface area contributed by atoms with Gasteiger partial charge in [-0.2, -0.15) is 4.98 Å². The topological polar surface area (TPSA) is 111 Å². The summed E-state index contributed by atoms with van der Waals surface area (Å²) in [4.78, 5) is 15.1. The minimum atomic E-state index is -1.06. The Bertz CT molecular complexity index is 499. The molecule has 1 unspecified atom stereocenters. The predicted molar refractivity (Wildman–Crippen MR) is 59.1 cm³/mol. The van der Waals surface area contributed by atoms with Crippen LogP contribution in [0.4, 0.5) is 5.82 Å². The van der Waals surface area contributed by atoms with E-state index >= 15 is 0 Å². The van der Waals surface area contributed by atoms with Crippen LogP contribution in [0.3, 0.4) is 0 Å². The smallest absolute Gasteiger partial charge is 0.351 e. The molecule has 3 atom stereocenters. The van der Waals surface area contributed by atoms with Crippen molar-refractivity contribution in [2.24, 2.45) is 0 Å². The molecule has 4 N–H and O–H groups in total. The Hall–Kier alpha value is -1.70. The molecule has 0 spiro atoms. The van der Waals surface area contributed by atoms with Crippen molar-refractivity contribution < 1.29 is 14.9 Å². The molecule has 2 heterocycles. The van der Waals surface area contributed by atoms with Crippen LogP contribution in [0.5, 0.6) is 0 Å². The van der Waals surface area contributed by atoms with Crippen LogP contribution in [0.15, 0.2) is 29.2 Å². The molecule has 7 nitrogen and oxygen atoms in total. The van der Waals surface area contributed by atoms with Gasteiger partial charge in [0.25, 0.3) is 0 Å². The van der Waals surface area contributed by atoms with Crippen LogP contribution in [0.1, 0.15) is 6.23 Å². The largest absolute Gasteiger partial charge is 0.393 e. The van der Waals surface area contributed by atoms with E-state index in [0.717, 1.165) is 4.57 Å². The number of nitrogens with zero attached hydrogens (tertiary/aromatic N) is 2. The summed E-state index contributed by atoms with van der Waals surface area (Å²) in [6.07, 6.45) is -1.29. The van der Waals surface area contributed by atoms with E-state index in [2.05, 4.69) is 11.6 Å². The zero-order valence-electron chi connectivity index (χ0n) is 8.98. The molecule has 0 radical (unpaired) electrons. The molecule has 1 aliphatic rings. The number of aliphatic hydroxyl groups is 2. The van der Waals surface area contributed by atoms with Crippen LogP contribution in [-0.2, 0) is 4.74 Å². The first kappa shape index (κ1) is 11.8. The van der Waals surface area contributed by atoms with Crippen molar-refractivity contribution in [3.05, 3.63) is 34.9 Å². The third-order valence-electron chi connectivity index (χ3n) is 2.66. The SMILES string of the molecule is C=C1C(O)[C@H](n2ccc(N)nc2=O)O[C@@H]1CO. The van der Waals surface area contributed by atoms with E-state index in [1.165, 1.54) is 12.3 Å². The number of aliphatic hydroxyl groups excluding tert-OH is 2. The lowest BCUT2D eigenvalue weighted by Crippen LogP contribution is -2.32. The number of ether oxygens (including phenoxy) is 1. The lowest BCUT2D eigenvalue weighted by Gasteiger charge is -2.16. The van der Waals surface area contributed by atoms with Gasteiger partial charge in [-0.05, 0) is 11.6 Å². The van der Waals surface area contributed by atoms with Gasteiger partial charge in [0.1, 0.15) is 18.0 Å². The van der Waals surface area contributed by atoms with Gasteiger partial charge in [-0.25, -0.2) is 4.79 Å². The molecular formula is C10H13N3O4. The quantitative estimate of drug-likeness (QED) is 0.549. The number of aromatic nitrogens is 2. The summed E-state index contributed by atoms with van der Waals surface area (Å²) in [5, 5.41) is 18.9. The monoisotopic (exact) mass is 239 g/mol. The van der Waals surface area contributed by atoms with E-state index in [9.17, 15) is 9.90 Å². The first-order valence-corrected chi connectivity index (χ1v) is 5.02. The van der Waals surface area contributed by atoms with Crippen LogP contribution in [-0.4, -0.2) is 38.6 Å². The molecule has 0 amide bonds. The Labute approximate surface area is 96.8 Å². The number of anilines is 1. The molecule has 1 saturated heterocycles. The Morgan fingerprint density at radius 3 is 2.88 bits per heavy atom. The molecule has 17 heavy (non-hydrogen) atoms. The molecule has 1 aromatic rings. The zero-order valence-corrected chi connectivity index (χ0v) is 8.98. The minimum absolute atomic E-state index is 0.0938. The Morgan fingerprint density at radius 1 is 1.65 bits per heavy atom. The van der Waals surface area contributed by atoms with Gasteiger partial charge < -0.3 is 20.7 Å². The molecule has 0 bridgehead atoms. The molecule has 1 fully saturated rings. The maximum absolute atomic E-state index is 11.6. The predicted octanol–water partition coefficient (Wildman–Crippen LogP) is -1.37. The first-order chi connectivity index (χ1) is 8.04. The van der Waals surface area contributed by atoms with Crippen LogP contribution >= 0.6 is 0 Å². The van der Waals surface area contributed by atoms with E-state index < -0.39 is 24.1 Å². The van der Waals surface area contributed by atoms with Gasteiger partial charge in [-0.15, -0.1) is 0 Å². The fraction of sp³-hybridized carbons (Fsp3) is 0.400. The van der Waals surface area contributed by atoms with Gasteiger partial charge in [0.2, 0.25) is 0 Å². The second kappa shape index (κ2) is 4.28. The highest BCUT2D eigenvalue weighted by Crippen LogP contribution is 2.31. The summed E-state index contributed by atoms with van der Waals surface area (Å²) in [7, 11) is 0. The van der Waals surface area contributed by atoms with Crippen LogP contribution in [0.2, 0.25) is 0 Å². The number of nitrogens with two attached hydrogens (primary N) is 1. The lowest BCUT2D eigenvalue weighted by atomic mass is 10.1. The van der Waals surface area contributed by atoms with Gasteiger partial charge in [0, 0.05) is 6.20 Å². The maximum Gasteiger partial charge on any atom is 0.351 e. The van der Waals surface area contributed by atoms with E-state index in [1.807, 2.05) is 0 Å². The number of hydrogen-bond donors (Lipinski definition) is 3. The average Bonchev–Trinajstić information content (AvgIpc) is 2.57. The lowest BCUT2D eigenvalue weighted by molar-refractivity contribution is -0.0526. The standard InChI is InChI=1S/C10H13N3O4/c1-5-6(4-14)17-9(8(5)15)13-3-2-7(11)12-10(13)16/h2-3,6,8-9,14-15H,1,4H2,(H2,11,12,16)/t6-,8?,9-/m1/s1. The normalized spacial score (nSPS) is 28.6. The Balaban J connectivity index is 2.35. The summed E-state index contributed by atoms with van der Waals surface area (Å²) < 4.78 is 6.44. The number of hydrogen-bond acceptors (Lipinski definition) is 6. The molecular weight excluding hydrogens is 226 g/mol. The van der Waals surface area contributed by atoms with E-state index in [0.29, 0.717) is 5.57 Å². The summed E-state index contributed by atoms with van der Waals surface area (Å²) in [5.41, 5.74) is 5.07. The van der Waals surface area contributed by atoms with Crippen molar-refractivity contribution in [3.8, 4) is 0 Å². The van der Waals surface area contributed by atoms with Crippen LogP contribution in [0.25, 0.3) is 0 Å². The molecule has 1 aromatic heterocycles. The van der Waals surface area contributed by atoms with Crippen molar-refractivity contribution in [2.75, 3.05) is 12.3 Å². The Kier molecular flexibility index (Phi) is 2.97. The van der Waals surface area contributed by atoms with Gasteiger partial charge >= 0.3 is 5.69 Å². The van der Waals surface area contributed by atoms with Gasteiger partial charge in [0.05, 0.1) is 6.61 Å². The zero-order chi connectivity index (χ0) is 12.6. The highest BCUT2D eigenvalue weighted by molar-refractivity contribution is 5.24.